The van der Waals surface area contributed by atoms with Crippen LogP contribution in [-0.2, 0) is 17.5 Å². The number of nitrogens with one attached hydrogen (secondary N) is 1. The predicted octanol–water partition coefficient (Wildman–Crippen LogP) is 6.49. The van der Waals surface area contributed by atoms with E-state index in [-0.39, 0.29) is 18.7 Å². The highest BCUT2D eigenvalue weighted by molar-refractivity contribution is 6.30. The van der Waals surface area contributed by atoms with Gasteiger partial charge in [0.15, 0.2) is 11.5 Å². The quantitative estimate of drug-likeness (QED) is 0.284. The van der Waals surface area contributed by atoms with Crippen molar-refractivity contribution in [3.63, 3.8) is 0 Å². The first-order valence-corrected chi connectivity index (χ1v) is 13.6. The Kier molecular flexibility index (Phi) is 10.4. The summed E-state index contributed by atoms with van der Waals surface area (Å²) in [6.07, 6.45) is -4.75. The Morgan fingerprint density at radius 3 is 2.02 bits per heavy atom. The maximum Gasteiger partial charge on any atom is 0.416 e. The molecule has 0 spiro atoms. The molecule has 1 aliphatic rings. The average Bonchev–Trinajstić information content (AvgIpc) is 2.99. The molecule has 226 valence electrons. The minimum Gasteiger partial charge on any atom is -0.493 e. The Bertz CT molecular complexity index is 1310. The second kappa shape index (κ2) is 14.0. The van der Waals surface area contributed by atoms with Crippen LogP contribution in [0.1, 0.15) is 22.8 Å². The van der Waals surface area contributed by atoms with Gasteiger partial charge in [0.1, 0.15) is 0 Å². The molecule has 0 radical (unpaired) electrons. The van der Waals surface area contributed by atoms with Crippen molar-refractivity contribution >= 4 is 23.3 Å². The molecule has 0 aromatic heterocycles. The second-order valence-electron chi connectivity index (χ2n) is 9.68. The average molecular weight is 608 g/mol. The van der Waals surface area contributed by atoms with Crippen molar-refractivity contribution in [1.29, 1.82) is 0 Å². The lowest BCUT2D eigenvalue weighted by atomic mass is 10.1. The van der Waals surface area contributed by atoms with Gasteiger partial charge in [-0.3, -0.25) is 4.90 Å². The molecule has 3 aromatic carbocycles. The fraction of sp³-hybridized carbons (Fsp3) is 0.367. The van der Waals surface area contributed by atoms with E-state index in [1.165, 1.54) is 33.5 Å². The number of amides is 2. The van der Waals surface area contributed by atoms with Crippen LogP contribution in [0.2, 0.25) is 5.02 Å². The fourth-order valence-electron chi connectivity index (χ4n) is 4.64. The first-order chi connectivity index (χ1) is 20.1. The zero-order chi connectivity index (χ0) is 30.3. The van der Waals surface area contributed by atoms with Crippen LogP contribution in [0.4, 0.5) is 23.7 Å². The van der Waals surface area contributed by atoms with Crippen LogP contribution in [-0.4, -0.2) is 69.9 Å². The normalized spacial score (nSPS) is 14.8. The summed E-state index contributed by atoms with van der Waals surface area (Å²) in [5.74, 6) is 1.30. The summed E-state index contributed by atoms with van der Waals surface area (Å²) in [4.78, 5) is 16.9. The van der Waals surface area contributed by atoms with E-state index in [0.29, 0.717) is 66.2 Å². The molecule has 0 unspecified atom stereocenters. The van der Waals surface area contributed by atoms with Crippen molar-refractivity contribution in [3.8, 4) is 17.2 Å². The van der Waals surface area contributed by atoms with E-state index >= 15 is 0 Å². The van der Waals surface area contributed by atoms with Crippen molar-refractivity contribution < 1.29 is 36.9 Å². The largest absolute Gasteiger partial charge is 0.493 e. The third kappa shape index (κ3) is 7.99. The summed E-state index contributed by atoms with van der Waals surface area (Å²) in [5, 5.41) is 3.49. The fourth-order valence-corrected chi connectivity index (χ4v) is 4.77. The Morgan fingerprint density at radius 2 is 1.50 bits per heavy atom. The Morgan fingerprint density at radius 1 is 0.905 bits per heavy atom. The topological polar surface area (TPSA) is 72.5 Å². The molecular formula is C30H33ClF3N3O5. The van der Waals surface area contributed by atoms with Crippen molar-refractivity contribution in [1.82, 2.24) is 9.80 Å². The van der Waals surface area contributed by atoms with E-state index in [4.69, 9.17) is 30.5 Å². The molecule has 1 saturated heterocycles. The summed E-state index contributed by atoms with van der Waals surface area (Å²) in [6, 6.07) is 15.3. The van der Waals surface area contributed by atoms with Gasteiger partial charge < -0.3 is 29.2 Å². The van der Waals surface area contributed by atoms with Gasteiger partial charge in [-0.25, -0.2) is 4.79 Å². The summed E-state index contributed by atoms with van der Waals surface area (Å²) in [5.41, 5.74) is 1.34. The number of piperazine rings is 1. The van der Waals surface area contributed by atoms with E-state index in [1.807, 2.05) is 12.1 Å². The molecule has 1 N–H and O–H groups in total. The summed E-state index contributed by atoms with van der Waals surface area (Å²) >= 11 is 6.08. The van der Waals surface area contributed by atoms with Gasteiger partial charge in [-0.05, 0) is 35.4 Å². The van der Waals surface area contributed by atoms with Crippen LogP contribution in [0, 0.1) is 0 Å². The molecule has 1 atom stereocenters. The van der Waals surface area contributed by atoms with Crippen molar-refractivity contribution in [2.75, 3.05) is 59.4 Å². The highest BCUT2D eigenvalue weighted by Crippen LogP contribution is 2.40. The molecule has 0 saturated carbocycles. The summed E-state index contributed by atoms with van der Waals surface area (Å²) in [6.45, 7) is 2.87. The second-order valence-corrected chi connectivity index (χ2v) is 10.1. The monoisotopic (exact) mass is 607 g/mol. The number of hydrogen-bond acceptors (Lipinski definition) is 6. The van der Waals surface area contributed by atoms with Crippen LogP contribution >= 0.6 is 11.6 Å². The minimum absolute atomic E-state index is 0.141. The van der Waals surface area contributed by atoms with Gasteiger partial charge in [0.05, 0.1) is 45.3 Å². The number of benzene rings is 3. The molecule has 8 nitrogen and oxygen atoms in total. The molecule has 12 heteroatoms. The number of carbonyl (C=O) groups is 1. The zero-order valence-electron chi connectivity index (χ0n) is 23.5. The molecule has 1 fully saturated rings. The van der Waals surface area contributed by atoms with E-state index in [1.54, 1.807) is 29.2 Å². The number of ether oxygens (including phenoxy) is 4. The number of nitrogens with zero attached hydrogens (tertiary/aromatic N) is 2. The lowest BCUT2D eigenvalue weighted by Crippen LogP contribution is -2.50. The van der Waals surface area contributed by atoms with Crippen molar-refractivity contribution in [2.24, 2.45) is 0 Å². The first-order valence-electron chi connectivity index (χ1n) is 13.2. The van der Waals surface area contributed by atoms with Crippen molar-refractivity contribution in [3.05, 3.63) is 82.4 Å². The molecule has 2 amide bonds. The van der Waals surface area contributed by atoms with E-state index < -0.39 is 11.7 Å². The van der Waals surface area contributed by atoms with E-state index in [9.17, 15) is 18.0 Å². The maximum atomic E-state index is 13.0. The minimum atomic E-state index is -4.39. The SMILES string of the molecule is COc1cc(NC(=O)N2CCN(C[C@@H](OCc3ccc(C(F)(F)F)cc3)c3ccc(Cl)cc3)CC2)cc(OC)c1OC. The summed E-state index contributed by atoms with van der Waals surface area (Å²) in [7, 11) is 4.52. The highest BCUT2D eigenvalue weighted by atomic mass is 35.5. The molecule has 42 heavy (non-hydrogen) atoms. The van der Waals surface area contributed by atoms with Gasteiger partial charge in [-0.1, -0.05) is 35.9 Å². The maximum absolute atomic E-state index is 13.0. The molecule has 3 aromatic rings. The van der Waals surface area contributed by atoms with Gasteiger partial charge in [0.25, 0.3) is 0 Å². The highest BCUT2D eigenvalue weighted by Gasteiger charge is 2.30. The smallest absolute Gasteiger partial charge is 0.416 e. The van der Waals surface area contributed by atoms with Crippen LogP contribution in [0.5, 0.6) is 17.2 Å². The molecular weight excluding hydrogens is 575 g/mol. The number of anilines is 1. The lowest BCUT2D eigenvalue weighted by molar-refractivity contribution is -0.137. The Labute approximate surface area is 247 Å². The third-order valence-corrected chi connectivity index (χ3v) is 7.23. The lowest BCUT2D eigenvalue weighted by Gasteiger charge is -2.36. The van der Waals surface area contributed by atoms with Gasteiger partial charge in [0.2, 0.25) is 5.75 Å². The number of hydrogen-bond donors (Lipinski definition) is 1. The number of carbonyl (C=O) groups excluding carboxylic acids is 1. The van der Waals surface area contributed by atoms with Gasteiger partial charge in [0, 0.05) is 49.9 Å². The number of alkyl halides is 3. The van der Waals surface area contributed by atoms with Crippen LogP contribution in [0.25, 0.3) is 0 Å². The third-order valence-electron chi connectivity index (χ3n) is 6.97. The van der Waals surface area contributed by atoms with E-state index in [0.717, 1.165) is 17.7 Å². The number of urea groups is 1. The van der Waals surface area contributed by atoms with E-state index in [2.05, 4.69) is 10.2 Å². The molecule has 4 rings (SSSR count). The van der Waals surface area contributed by atoms with Crippen LogP contribution in [0.15, 0.2) is 60.7 Å². The van der Waals surface area contributed by atoms with Crippen LogP contribution in [0.3, 0.4) is 0 Å². The van der Waals surface area contributed by atoms with Crippen molar-refractivity contribution in [2.45, 2.75) is 18.9 Å². The van der Waals surface area contributed by atoms with Gasteiger partial charge in [-0.2, -0.15) is 13.2 Å². The summed E-state index contributed by atoms with van der Waals surface area (Å²) < 4.78 is 61.1. The zero-order valence-corrected chi connectivity index (χ0v) is 24.3. The van der Waals surface area contributed by atoms with Crippen LogP contribution < -0.4 is 19.5 Å². The Balaban J connectivity index is 1.37. The molecule has 0 aliphatic carbocycles. The Hall–Kier alpha value is -3.67. The van der Waals surface area contributed by atoms with Gasteiger partial charge >= 0.3 is 12.2 Å². The number of rotatable bonds is 10. The molecule has 1 heterocycles. The van der Waals surface area contributed by atoms with Gasteiger partial charge in [-0.15, -0.1) is 0 Å². The predicted molar refractivity (Wildman–Crippen MR) is 154 cm³/mol. The molecule has 0 bridgehead atoms. The standard InChI is InChI=1S/C30H33ClF3N3O5/c1-39-25-16-24(17-26(40-2)28(25)41-3)35-29(38)37-14-12-36(13-15-37)18-27(21-6-10-23(31)11-7-21)42-19-20-4-8-22(9-5-20)30(32,33)34/h4-11,16-17,27H,12-15,18-19H2,1-3H3,(H,35,38)/t27-/m1/s1. The molecule has 1 aliphatic heterocycles. The first kappa shape index (κ1) is 31.3. The number of methoxy groups -OCH3 is 3. The number of halogens is 4.